The minimum atomic E-state index is -0.692. The number of allylic oxidation sites excluding steroid dienone is 1. The van der Waals surface area contributed by atoms with Crippen molar-refractivity contribution in [2.24, 2.45) is 0 Å². The molecule has 1 heterocycles. The van der Waals surface area contributed by atoms with E-state index in [1.165, 1.54) is 11.8 Å². The largest absolute Gasteiger partial charge is 0.493 e. The molecule has 152 valence electrons. The summed E-state index contributed by atoms with van der Waals surface area (Å²) >= 11 is 1.37. The number of aliphatic hydroxyl groups excluding tert-OH is 1. The minimum Gasteiger partial charge on any atom is -0.493 e. The lowest BCUT2D eigenvalue weighted by Crippen LogP contribution is -2.20. The molecule has 8 heteroatoms. The van der Waals surface area contributed by atoms with Gasteiger partial charge < -0.3 is 14.6 Å². The van der Waals surface area contributed by atoms with E-state index in [0.717, 1.165) is 16.8 Å². The standard InChI is InChI=1S/C21H24N4O3S/c1-4-6-16-9-10-19(20(12-16)27-3)28-13-18(26)14-29-21-22-23-24-25(21)17-8-5-7-15(2)11-17/h4-12,18,26H,13-14H2,1-3H3/b6-4+. The molecule has 0 bridgehead atoms. The number of ether oxygens (including phenoxy) is 2. The van der Waals surface area contributed by atoms with Gasteiger partial charge in [0, 0.05) is 5.75 Å². The summed E-state index contributed by atoms with van der Waals surface area (Å²) in [5.41, 5.74) is 3.03. The highest BCUT2D eigenvalue weighted by Gasteiger charge is 2.14. The quantitative estimate of drug-likeness (QED) is 0.538. The number of hydrogen-bond acceptors (Lipinski definition) is 7. The van der Waals surface area contributed by atoms with E-state index in [9.17, 15) is 5.11 Å². The third-order valence-corrected chi connectivity index (χ3v) is 5.13. The van der Waals surface area contributed by atoms with Crippen LogP contribution in [0.2, 0.25) is 0 Å². The number of aryl methyl sites for hydroxylation is 1. The number of rotatable bonds is 9. The molecule has 0 spiro atoms. The van der Waals surface area contributed by atoms with Gasteiger partial charge in [0.1, 0.15) is 6.61 Å². The van der Waals surface area contributed by atoms with Crippen LogP contribution in [0.15, 0.2) is 53.7 Å². The zero-order valence-electron chi connectivity index (χ0n) is 16.6. The van der Waals surface area contributed by atoms with Gasteiger partial charge in [-0.3, -0.25) is 0 Å². The maximum absolute atomic E-state index is 10.3. The molecule has 3 rings (SSSR count). The van der Waals surface area contributed by atoms with E-state index in [1.54, 1.807) is 11.8 Å². The molecule has 0 aliphatic rings. The van der Waals surface area contributed by atoms with Crippen molar-refractivity contribution in [3.8, 4) is 17.2 Å². The van der Waals surface area contributed by atoms with Crippen LogP contribution in [0.5, 0.6) is 11.5 Å². The summed E-state index contributed by atoms with van der Waals surface area (Å²) in [5, 5.41) is 22.8. The zero-order chi connectivity index (χ0) is 20.6. The minimum absolute atomic E-state index is 0.137. The summed E-state index contributed by atoms with van der Waals surface area (Å²) in [6.45, 7) is 4.11. The number of thioether (sulfide) groups is 1. The molecule has 3 aromatic rings. The van der Waals surface area contributed by atoms with Gasteiger partial charge in [0.15, 0.2) is 11.5 Å². The Bertz CT molecular complexity index is 974. The van der Waals surface area contributed by atoms with E-state index in [0.29, 0.717) is 22.4 Å². The van der Waals surface area contributed by atoms with Gasteiger partial charge in [0.05, 0.1) is 18.9 Å². The third-order valence-electron chi connectivity index (χ3n) is 4.07. The number of aliphatic hydroxyl groups is 1. The van der Waals surface area contributed by atoms with E-state index in [1.807, 2.05) is 68.5 Å². The molecular weight excluding hydrogens is 388 g/mol. The highest BCUT2D eigenvalue weighted by Crippen LogP contribution is 2.29. The molecule has 1 aromatic heterocycles. The first-order valence-corrected chi connectivity index (χ1v) is 10.2. The van der Waals surface area contributed by atoms with Crippen molar-refractivity contribution in [2.45, 2.75) is 25.1 Å². The van der Waals surface area contributed by atoms with Gasteiger partial charge in [0.2, 0.25) is 5.16 Å². The molecule has 2 aromatic carbocycles. The van der Waals surface area contributed by atoms with Crippen LogP contribution in [0.3, 0.4) is 0 Å². The van der Waals surface area contributed by atoms with Crippen molar-refractivity contribution in [2.75, 3.05) is 19.5 Å². The Hall–Kier alpha value is -2.84. The monoisotopic (exact) mass is 412 g/mol. The van der Waals surface area contributed by atoms with E-state index >= 15 is 0 Å². The van der Waals surface area contributed by atoms with Crippen LogP contribution < -0.4 is 9.47 Å². The zero-order valence-corrected chi connectivity index (χ0v) is 17.5. The normalized spacial score (nSPS) is 12.3. The van der Waals surface area contributed by atoms with Crippen molar-refractivity contribution in [3.05, 3.63) is 59.7 Å². The molecule has 1 unspecified atom stereocenters. The Labute approximate surface area is 174 Å². The average Bonchev–Trinajstić information content (AvgIpc) is 3.20. The van der Waals surface area contributed by atoms with E-state index < -0.39 is 6.10 Å². The van der Waals surface area contributed by atoms with Crippen LogP contribution in [-0.2, 0) is 0 Å². The van der Waals surface area contributed by atoms with Gasteiger partial charge >= 0.3 is 0 Å². The molecule has 0 amide bonds. The van der Waals surface area contributed by atoms with E-state index in [2.05, 4.69) is 15.5 Å². The molecule has 1 atom stereocenters. The van der Waals surface area contributed by atoms with Gasteiger partial charge in [-0.05, 0) is 59.7 Å². The van der Waals surface area contributed by atoms with Crippen molar-refractivity contribution < 1.29 is 14.6 Å². The van der Waals surface area contributed by atoms with E-state index in [-0.39, 0.29) is 6.61 Å². The second-order valence-corrected chi connectivity index (χ2v) is 7.39. The molecule has 0 aliphatic carbocycles. The summed E-state index contributed by atoms with van der Waals surface area (Å²) in [4.78, 5) is 0. The molecule has 0 radical (unpaired) electrons. The van der Waals surface area contributed by atoms with Crippen LogP contribution in [-0.4, -0.2) is 50.9 Å². The van der Waals surface area contributed by atoms with Crippen LogP contribution >= 0.6 is 11.8 Å². The number of nitrogens with zero attached hydrogens (tertiary/aromatic N) is 4. The van der Waals surface area contributed by atoms with Crippen LogP contribution in [0.25, 0.3) is 11.8 Å². The molecule has 0 aliphatic heterocycles. The van der Waals surface area contributed by atoms with Gasteiger partial charge in [-0.2, -0.15) is 4.68 Å². The second kappa shape index (κ2) is 10.1. The molecule has 1 N–H and O–H groups in total. The van der Waals surface area contributed by atoms with Crippen LogP contribution in [0, 0.1) is 6.92 Å². The maximum atomic E-state index is 10.3. The lowest BCUT2D eigenvalue weighted by Gasteiger charge is -2.14. The fraction of sp³-hybridized carbons (Fsp3) is 0.286. The first-order valence-electron chi connectivity index (χ1n) is 9.20. The highest BCUT2D eigenvalue weighted by atomic mass is 32.2. The van der Waals surface area contributed by atoms with Crippen molar-refractivity contribution in [1.82, 2.24) is 20.2 Å². The highest BCUT2D eigenvalue weighted by molar-refractivity contribution is 7.99. The van der Waals surface area contributed by atoms with Gasteiger partial charge in [-0.1, -0.05) is 42.1 Å². The number of methoxy groups -OCH3 is 1. The van der Waals surface area contributed by atoms with Crippen molar-refractivity contribution in [3.63, 3.8) is 0 Å². The topological polar surface area (TPSA) is 82.3 Å². The predicted octanol–water partition coefficient (Wildman–Crippen LogP) is 3.54. The fourth-order valence-electron chi connectivity index (χ4n) is 2.70. The first-order chi connectivity index (χ1) is 14.1. The van der Waals surface area contributed by atoms with Crippen molar-refractivity contribution in [1.29, 1.82) is 0 Å². The average molecular weight is 413 g/mol. The Morgan fingerprint density at radius 1 is 1.21 bits per heavy atom. The van der Waals surface area contributed by atoms with Crippen LogP contribution in [0.4, 0.5) is 0 Å². The number of benzene rings is 2. The summed E-state index contributed by atoms with van der Waals surface area (Å²) < 4.78 is 12.8. The molecule has 0 fully saturated rings. The Morgan fingerprint density at radius 3 is 2.83 bits per heavy atom. The molecule has 0 saturated carbocycles. The Kier molecular flexibility index (Phi) is 7.26. The van der Waals surface area contributed by atoms with Gasteiger partial charge in [-0.25, -0.2) is 0 Å². The predicted molar refractivity (Wildman–Crippen MR) is 114 cm³/mol. The van der Waals surface area contributed by atoms with Gasteiger partial charge in [-0.15, -0.1) is 5.10 Å². The SMILES string of the molecule is C/C=C/c1ccc(OCC(O)CSc2nnnn2-c2cccc(C)c2)c(OC)c1. The number of tetrazole rings is 1. The smallest absolute Gasteiger partial charge is 0.214 e. The Balaban J connectivity index is 1.58. The summed E-state index contributed by atoms with van der Waals surface area (Å²) in [6, 6.07) is 13.6. The molecule has 7 nitrogen and oxygen atoms in total. The molecule has 29 heavy (non-hydrogen) atoms. The summed E-state index contributed by atoms with van der Waals surface area (Å²) in [7, 11) is 1.60. The first kappa shape index (κ1) is 20.9. The fourth-order valence-corrected chi connectivity index (χ4v) is 3.49. The van der Waals surface area contributed by atoms with Gasteiger partial charge in [0.25, 0.3) is 0 Å². The second-order valence-electron chi connectivity index (χ2n) is 6.40. The third kappa shape index (κ3) is 5.58. The molecular formula is C21H24N4O3S. The van der Waals surface area contributed by atoms with Crippen molar-refractivity contribution >= 4 is 17.8 Å². The Morgan fingerprint density at radius 2 is 2.07 bits per heavy atom. The maximum Gasteiger partial charge on any atom is 0.214 e. The number of hydrogen-bond donors (Lipinski definition) is 1. The lowest BCUT2D eigenvalue weighted by atomic mass is 10.2. The lowest BCUT2D eigenvalue weighted by molar-refractivity contribution is 0.124. The summed E-state index contributed by atoms with van der Waals surface area (Å²) in [6.07, 6.45) is 3.25. The van der Waals surface area contributed by atoms with E-state index in [4.69, 9.17) is 9.47 Å². The number of aromatic nitrogens is 4. The summed E-state index contributed by atoms with van der Waals surface area (Å²) in [5.74, 6) is 1.61. The molecule has 0 saturated heterocycles. The van der Waals surface area contributed by atoms with Crippen LogP contribution in [0.1, 0.15) is 18.1 Å².